The fraction of sp³-hybridized carbons (Fsp3) is 0.0769. The standard InChI is InChI=1S/C13H11Br2N3O/c1-8(19)17-10-3-2-4-11(6-10)18-13-12(15)5-9(14)7-16-13/h2-7H,1H3,(H,16,18)(H,17,19). The number of halogens is 2. The molecule has 0 spiro atoms. The quantitative estimate of drug-likeness (QED) is 0.828. The first-order chi connectivity index (χ1) is 9.04. The number of hydrogen-bond acceptors (Lipinski definition) is 3. The number of pyridine rings is 1. The summed E-state index contributed by atoms with van der Waals surface area (Å²) in [5, 5.41) is 5.92. The molecule has 0 aliphatic rings. The van der Waals surface area contributed by atoms with Gasteiger partial charge in [0.2, 0.25) is 5.91 Å². The maximum absolute atomic E-state index is 11.0. The van der Waals surface area contributed by atoms with Gasteiger partial charge >= 0.3 is 0 Å². The maximum atomic E-state index is 11.0. The second-order valence-corrected chi connectivity index (χ2v) is 5.64. The molecule has 0 bridgehead atoms. The molecule has 1 amide bonds. The van der Waals surface area contributed by atoms with Gasteiger partial charge in [0.25, 0.3) is 0 Å². The molecule has 0 fully saturated rings. The van der Waals surface area contributed by atoms with E-state index in [9.17, 15) is 4.79 Å². The SMILES string of the molecule is CC(=O)Nc1cccc(Nc2ncc(Br)cc2Br)c1. The zero-order valence-electron chi connectivity index (χ0n) is 10.1. The summed E-state index contributed by atoms with van der Waals surface area (Å²) in [6.45, 7) is 1.48. The Labute approximate surface area is 127 Å². The molecule has 1 heterocycles. The van der Waals surface area contributed by atoms with Crippen LogP contribution in [0.1, 0.15) is 6.92 Å². The first-order valence-corrected chi connectivity index (χ1v) is 7.09. The Kier molecular flexibility index (Phi) is 4.55. The number of nitrogens with one attached hydrogen (secondary N) is 2. The lowest BCUT2D eigenvalue weighted by Gasteiger charge is -2.09. The molecule has 1 aromatic carbocycles. The number of benzene rings is 1. The Balaban J connectivity index is 2.21. The van der Waals surface area contributed by atoms with E-state index in [-0.39, 0.29) is 5.91 Å². The van der Waals surface area contributed by atoms with Gasteiger partial charge in [-0.1, -0.05) is 6.07 Å². The Morgan fingerprint density at radius 1 is 1.21 bits per heavy atom. The lowest BCUT2D eigenvalue weighted by Crippen LogP contribution is -2.05. The first-order valence-electron chi connectivity index (χ1n) is 5.50. The van der Waals surface area contributed by atoms with Gasteiger partial charge in [-0.15, -0.1) is 0 Å². The van der Waals surface area contributed by atoms with E-state index in [4.69, 9.17) is 0 Å². The highest BCUT2D eigenvalue weighted by Gasteiger charge is 2.04. The molecule has 19 heavy (non-hydrogen) atoms. The van der Waals surface area contributed by atoms with Crippen LogP contribution in [0.5, 0.6) is 0 Å². The Bertz CT molecular complexity index is 617. The first kappa shape index (κ1) is 14.0. The smallest absolute Gasteiger partial charge is 0.221 e. The molecule has 2 aromatic rings. The monoisotopic (exact) mass is 383 g/mol. The van der Waals surface area contributed by atoms with Crippen molar-refractivity contribution >= 4 is 55.0 Å². The zero-order valence-corrected chi connectivity index (χ0v) is 13.2. The van der Waals surface area contributed by atoms with Crippen LogP contribution >= 0.6 is 31.9 Å². The van der Waals surface area contributed by atoms with Crippen LogP contribution in [0.15, 0.2) is 45.5 Å². The Hall–Kier alpha value is -1.40. The van der Waals surface area contributed by atoms with Crippen molar-refractivity contribution in [2.75, 3.05) is 10.6 Å². The lowest BCUT2D eigenvalue weighted by atomic mass is 10.2. The summed E-state index contributed by atoms with van der Waals surface area (Å²) in [6, 6.07) is 9.35. The Morgan fingerprint density at radius 2 is 1.95 bits per heavy atom. The van der Waals surface area contributed by atoms with E-state index >= 15 is 0 Å². The van der Waals surface area contributed by atoms with Crippen molar-refractivity contribution in [2.45, 2.75) is 6.92 Å². The maximum Gasteiger partial charge on any atom is 0.221 e. The van der Waals surface area contributed by atoms with Crippen molar-refractivity contribution in [1.82, 2.24) is 4.98 Å². The van der Waals surface area contributed by atoms with Gasteiger partial charge in [0, 0.05) is 29.0 Å². The molecule has 0 radical (unpaired) electrons. The molecule has 2 rings (SSSR count). The van der Waals surface area contributed by atoms with Gasteiger partial charge in [0.05, 0.1) is 4.47 Å². The molecule has 0 aliphatic carbocycles. The predicted octanol–water partition coefficient (Wildman–Crippen LogP) is 4.31. The van der Waals surface area contributed by atoms with E-state index in [2.05, 4.69) is 47.5 Å². The van der Waals surface area contributed by atoms with Crippen LogP contribution in [0, 0.1) is 0 Å². The van der Waals surface area contributed by atoms with Crippen LogP contribution in [0.3, 0.4) is 0 Å². The normalized spacial score (nSPS) is 10.1. The third kappa shape index (κ3) is 4.04. The minimum absolute atomic E-state index is 0.0971. The molecular weight excluding hydrogens is 374 g/mol. The summed E-state index contributed by atoms with van der Waals surface area (Å²) in [6.07, 6.45) is 1.71. The van der Waals surface area contributed by atoms with E-state index in [1.807, 2.05) is 30.3 Å². The lowest BCUT2D eigenvalue weighted by molar-refractivity contribution is -0.114. The summed E-state index contributed by atoms with van der Waals surface area (Å²) >= 11 is 6.79. The summed E-state index contributed by atoms with van der Waals surface area (Å²) in [5.74, 6) is 0.614. The second kappa shape index (κ2) is 6.16. The highest BCUT2D eigenvalue weighted by molar-refractivity contribution is 9.11. The molecule has 0 unspecified atom stereocenters. The van der Waals surface area contributed by atoms with Crippen LogP contribution in [0.25, 0.3) is 0 Å². The van der Waals surface area contributed by atoms with Gasteiger partial charge in [-0.2, -0.15) is 0 Å². The third-order valence-corrected chi connectivity index (χ3v) is 3.29. The average molecular weight is 385 g/mol. The van der Waals surface area contributed by atoms with E-state index in [1.165, 1.54) is 6.92 Å². The minimum Gasteiger partial charge on any atom is -0.339 e. The summed E-state index contributed by atoms with van der Waals surface area (Å²) in [4.78, 5) is 15.3. The molecule has 0 saturated carbocycles. The number of hydrogen-bond donors (Lipinski definition) is 2. The number of amides is 1. The van der Waals surface area contributed by atoms with Gasteiger partial charge in [-0.3, -0.25) is 4.79 Å². The average Bonchev–Trinajstić information content (AvgIpc) is 2.32. The van der Waals surface area contributed by atoms with Gasteiger partial charge in [-0.25, -0.2) is 4.98 Å². The highest BCUT2D eigenvalue weighted by Crippen LogP contribution is 2.27. The molecule has 4 nitrogen and oxygen atoms in total. The van der Waals surface area contributed by atoms with Crippen molar-refractivity contribution in [3.05, 3.63) is 45.5 Å². The summed E-state index contributed by atoms with van der Waals surface area (Å²) in [7, 11) is 0. The van der Waals surface area contributed by atoms with Gasteiger partial charge in [0.1, 0.15) is 5.82 Å². The van der Waals surface area contributed by atoms with Crippen molar-refractivity contribution in [3.63, 3.8) is 0 Å². The van der Waals surface area contributed by atoms with Crippen LogP contribution in [0.2, 0.25) is 0 Å². The number of aromatic nitrogens is 1. The van der Waals surface area contributed by atoms with Crippen molar-refractivity contribution in [2.24, 2.45) is 0 Å². The van der Waals surface area contributed by atoms with Gasteiger partial charge in [-0.05, 0) is 56.1 Å². The minimum atomic E-state index is -0.0971. The fourth-order valence-electron chi connectivity index (χ4n) is 1.52. The van der Waals surface area contributed by atoms with Crippen LogP contribution in [-0.2, 0) is 4.79 Å². The van der Waals surface area contributed by atoms with E-state index in [1.54, 1.807) is 6.20 Å². The number of rotatable bonds is 3. The molecule has 2 N–H and O–H groups in total. The van der Waals surface area contributed by atoms with Crippen LogP contribution in [0.4, 0.5) is 17.2 Å². The van der Waals surface area contributed by atoms with Crippen molar-refractivity contribution < 1.29 is 4.79 Å². The number of anilines is 3. The van der Waals surface area contributed by atoms with Gasteiger partial charge < -0.3 is 10.6 Å². The topological polar surface area (TPSA) is 54.0 Å². The van der Waals surface area contributed by atoms with Crippen LogP contribution < -0.4 is 10.6 Å². The second-order valence-electron chi connectivity index (χ2n) is 3.87. The van der Waals surface area contributed by atoms with E-state index < -0.39 is 0 Å². The van der Waals surface area contributed by atoms with E-state index in [0.717, 1.165) is 20.3 Å². The largest absolute Gasteiger partial charge is 0.339 e. The van der Waals surface area contributed by atoms with E-state index in [0.29, 0.717) is 5.82 Å². The molecule has 0 aliphatic heterocycles. The molecule has 6 heteroatoms. The zero-order chi connectivity index (χ0) is 13.8. The van der Waals surface area contributed by atoms with Gasteiger partial charge in [0.15, 0.2) is 0 Å². The predicted molar refractivity (Wildman–Crippen MR) is 83.7 cm³/mol. The molecular formula is C13H11Br2N3O. The summed E-state index contributed by atoms with van der Waals surface area (Å²) < 4.78 is 1.75. The molecule has 1 aromatic heterocycles. The number of carbonyl (C=O) groups excluding carboxylic acids is 1. The van der Waals surface area contributed by atoms with Crippen molar-refractivity contribution in [1.29, 1.82) is 0 Å². The summed E-state index contributed by atoms with van der Waals surface area (Å²) in [5.41, 5.74) is 1.59. The van der Waals surface area contributed by atoms with Crippen LogP contribution in [-0.4, -0.2) is 10.9 Å². The number of nitrogens with zero attached hydrogens (tertiary/aromatic N) is 1. The number of carbonyl (C=O) groups is 1. The highest BCUT2D eigenvalue weighted by atomic mass is 79.9. The fourth-order valence-corrected chi connectivity index (χ4v) is 2.61. The van der Waals surface area contributed by atoms with Crippen molar-refractivity contribution in [3.8, 4) is 0 Å². The third-order valence-electron chi connectivity index (χ3n) is 2.25. The Morgan fingerprint density at radius 3 is 2.63 bits per heavy atom. The molecule has 0 atom stereocenters. The molecule has 98 valence electrons. The molecule has 0 saturated heterocycles.